The van der Waals surface area contributed by atoms with Crippen LogP contribution in [-0.2, 0) is 4.79 Å². The molecule has 7 heteroatoms. The SMILES string of the molecule is COc1ccc(OCCN(C)CCC(=O)Nc2cc(C)on2)cc1. The Morgan fingerprint density at radius 2 is 1.96 bits per heavy atom. The number of nitrogens with zero attached hydrogens (tertiary/aromatic N) is 2. The van der Waals surface area contributed by atoms with E-state index in [0.29, 0.717) is 31.2 Å². The lowest BCUT2D eigenvalue weighted by Gasteiger charge is -2.16. The highest BCUT2D eigenvalue weighted by Crippen LogP contribution is 2.16. The van der Waals surface area contributed by atoms with Crippen molar-refractivity contribution in [2.45, 2.75) is 13.3 Å². The molecule has 1 aromatic carbocycles. The maximum atomic E-state index is 11.8. The van der Waals surface area contributed by atoms with Crippen molar-refractivity contribution in [3.05, 3.63) is 36.1 Å². The fourth-order valence-corrected chi connectivity index (χ4v) is 2.03. The average molecular weight is 333 g/mol. The predicted molar refractivity (Wildman–Crippen MR) is 90.5 cm³/mol. The lowest BCUT2D eigenvalue weighted by atomic mass is 10.3. The van der Waals surface area contributed by atoms with Gasteiger partial charge in [0.2, 0.25) is 5.91 Å². The number of aromatic nitrogens is 1. The summed E-state index contributed by atoms with van der Waals surface area (Å²) in [7, 11) is 3.58. The minimum Gasteiger partial charge on any atom is -0.497 e. The van der Waals surface area contributed by atoms with E-state index in [1.807, 2.05) is 36.2 Å². The Morgan fingerprint density at radius 1 is 1.25 bits per heavy atom. The van der Waals surface area contributed by atoms with Crippen LogP contribution in [0.15, 0.2) is 34.9 Å². The molecule has 1 N–H and O–H groups in total. The van der Waals surface area contributed by atoms with Gasteiger partial charge in [-0.1, -0.05) is 5.16 Å². The summed E-state index contributed by atoms with van der Waals surface area (Å²) in [6, 6.07) is 9.13. The van der Waals surface area contributed by atoms with Crippen LogP contribution in [0.5, 0.6) is 11.5 Å². The first-order chi connectivity index (χ1) is 11.6. The Morgan fingerprint density at radius 3 is 2.58 bits per heavy atom. The van der Waals surface area contributed by atoms with Gasteiger partial charge in [-0.15, -0.1) is 0 Å². The molecule has 0 saturated carbocycles. The zero-order valence-electron chi connectivity index (χ0n) is 14.2. The number of ether oxygens (including phenoxy) is 2. The molecule has 7 nitrogen and oxygen atoms in total. The second kappa shape index (κ2) is 8.93. The van der Waals surface area contributed by atoms with Crippen LogP contribution in [0.3, 0.4) is 0 Å². The van der Waals surface area contributed by atoms with Gasteiger partial charge in [0.25, 0.3) is 0 Å². The van der Waals surface area contributed by atoms with Crippen LogP contribution in [0.4, 0.5) is 5.82 Å². The van der Waals surface area contributed by atoms with E-state index in [2.05, 4.69) is 10.5 Å². The summed E-state index contributed by atoms with van der Waals surface area (Å²) in [5, 5.41) is 6.43. The van der Waals surface area contributed by atoms with Crippen molar-refractivity contribution in [1.82, 2.24) is 10.1 Å². The molecule has 0 fully saturated rings. The molecule has 0 aliphatic carbocycles. The number of methoxy groups -OCH3 is 1. The van der Waals surface area contributed by atoms with Gasteiger partial charge in [0.15, 0.2) is 5.82 Å². The van der Waals surface area contributed by atoms with Crippen molar-refractivity contribution in [2.75, 3.05) is 39.2 Å². The number of carbonyl (C=O) groups is 1. The van der Waals surface area contributed by atoms with E-state index in [9.17, 15) is 4.79 Å². The molecule has 2 aromatic rings. The molecule has 130 valence electrons. The van der Waals surface area contributed by atoms with Crippen molar-refractivity contribution >= 4 is 11.7 Å². The molecule has 0 aliphatic heterocycles. The third-order valence-electron chi connectivity index (χ3n) is 3.42. The van der Waals surface area contributed by atoms with E-state index in [4.69, 9.17) is 14.0 Å². The van der Waals surface area contributed by atoms with Crippen LogP contribution < -0.4 is 14.8 Å². The highest BCUT2D eigenvalue weighted by molar-refractivity contribution is 5.89. The predicted octanol–water partition coefficient (Wildman–Crippen LogP) is 2.33. The van der Waals surface area contributed by atoms with E-state index < -0.39 is 0 Å². The molecular formula is C17H23N3O4. The first-order valence-corrected chi connectivity index (χ1v) is 7.75. The van der Waals surface area contributed by atoms with Gasteiger partial charge < -0.3 is 24.2 Å². The molecule has 0 unspecified atom stereocenters. The summed E-state index contributed by atoms with van der Waals surface area (Å²) in [5.74, 6) is 2.61. The van der Waals surface area contributed by atoms with Gasteiger partial charge in [-0.25, -0.2) is 0 Å². The Hall–Kier alpha value is -2.54. The van der Waals surface area contributed by atoms with E-state index in [-0.39, 0.29) is 5.91 Å². The van der Waals surface area contributed by atoms with Gasteiger partial charge in [0, 0.05) is 25.6 Å². The van der Waals surface area contributed by atoms with Crippen molar-refractivity contribution in [3.8, 4) is 11.5 Å². The lowest BCUT2D eigenvalue weighted by molar-refractivity contribution is -0.116. The number of hydrogen-bond donors (Lipinski definition) is 1. The van der Waals surface area contributed by atoms with Crippen molar-refractivity contribution in [1.29, 1.82) is 0 Å². The zero-order chi connectivity index (χ0) is 17.4. The molecule has 1 heterocycles. The highest BCUT2D eigenvalue weighted by atomic mass is 16.5. The number of benzene rings is 1. The van der Waals surface area contributed by atoms with E-state index in [1.54, 1.807) is 20.1 Å². The maximum Gasteiger partial charge on any atom is 0.226 e. The second-order valence-electron chi connectivity index (χ2n) is 5.45. The van der Waals surface area contributed by atoms with E-state index in [1.165, 1.54) is 0 Å². The van der Waals surface area contributed by atoms with Crippen molar-refractivity contribution in [3.63, 3.8) is 0 Å². The first kappa shape index (κ1) is 17.8. The van der Waals surface area contributed by atoms with Crippen LogP contribution in [0, 0.1) is 6.92 Å². The molecule has 0 radical (unpaired) electrons. The van der Waals surface area contributed by atoms with Gasteiger partial charge in [-0.3, -0.25) is 4.79 Å². The molecule has 0 atom stereocenters. The molecular weight excluding hydrogens is 310 g/mol. The molecule has 0 bridgehead atoms. The Kier molecular flexibility index (Phi) is 6.62. The molecule has 1 amide bonds. The zero-order valence-corrected chi connectivity index (χ0v) is 14.2. The summed E-state index contributed by atoms with van der Waals surface area (Å²) < 4.78 is 15.7. The third kappa shape index (κ3) is 5.92. The Labute approximate surface area is 141 Å². The topological polar surface area (TPSA) is 76.8 Å². The maximum absolute atomic E-state index is 11.8. The number of anilines is 1. The monoisotopic (exact) mass is 333 g/mol. The fourth-order valence-electron chi connectivity index (χ4n) is 2.03. The standard InChI is InChI=1S/C17H23N3O4/c1-13-12-16(19-24-13)18-17(21)8-9-20(2)10-11-23-15-6-4-14(22-3)5-7-15/h4-7,12H,8-11H2,1-3H3,(H,18,19,21). The van der Waals surface area contributed by atoms with E-state index >= 15 is 0 Å². The summed E-state index contributed by atoms with van der Waals surface area (Å²) in [6.07, 6.45) is 0.380. The summed E-state index contributed by atoms with van der Waals surface area (Å²) in [5.41, 5.74) is 0. The van der Waals surface area contributed by atoms with Crippen molar-refractivity contribution < 1.29 is 18.8 Å². The number of rotatable bonds is 9. The summed E-state index contributed by atoms with van der Waals surface area (Å²) in [6.45, 7) is 3.68. The molecule has 2 rings (SSSR count). The van der Waals surface area contributed by atoms with Gasteiger partial charge >= 0.3 is 0 Å². The second-order valence-corrected chi connectivity index (χ2v) is 5.45. The number of nitrogens with one attached hydrogen (secondary N) is 1. The minimum absolute atomic E-state index is 0.0915. The number of aryl methyl sites for hydroxylation is 1. The molecule has 24 heavy (non-hydrogen) atoms. The number of amides is 1. The average Bonchev–Trinajstić information content (AvgIpc) is 2.98. The fraction of sp³-hybridized carbons (Fsp3) is 0.412. The highest BCUT2D eigenvalue weighted by Gasteiger charge is 2.08. The van der Waals surface area contributed by atoms with Crippen LogP contribution >= 0.6 is 0 Å². The summed E-state index contributed by atoms with van der Waals surface area (Å²) in [4.78, 5) is 13.9. The Balaban J connectivity index is 1.62. The van der Waals surface area contributed by atoms with Gasteiger partial charge in [-0.2, -0.15) is 0 Å². The quantitative estimate of drug-likeness (QED) is 0.759. The van der Waals surface area contributed by atoms with Crippen LogP contribution in [0.2, 0.25) is 0 Å². The number of likely N-dealkylation sites (N-methyl/N-ethyl adjacent to an activating group) is 1. The van der Waals surface area contributed by atoms with Gasteiger partial charge in [0.05, 0.1) is 7.11 Å². The lowest BCUT2D eigenvalue weighted by Crippen LogP contribution is -2.28. The smallest absolute Gasteiger partial charge is 0.226 e. The van der Waals surface area contributed by atoms with Gasteiger partial charge in [-0.05, 0) is 38.2 Å². The molecule has 0 saturated heterocycles. The molecule has 0 aliphatic rings. The molecule has 1 aromatic heterocycles. The summed E-state index contributed by atoms with van der Waals surface area (Å²) >= 11 is 0. The van der Waals surface area contributed by atoms with E-state index in [0.717, 1.165) is 18.0 Å². The van der Waals surface area contributed by atoms with Crippen LogP contribution in [-0.4, -0.2) is 49.8 Å². The number of carbonyl (C=O) groups excluding carboxylic acids is 1. The van der Waals surface area contributed by atoms with Gasteiger partial charge in [0.1, 0.15) is 23.9 Å². The minimum atomic E-state index is -0.0915. The van der Waals surface area contributed by atoms with Crippen LogP contribution in [0.25, 0.3) is 0 Å². The number of hydrogen-bond acceptors (Lipinski definition) is 6. The Bertz CT molecular complexity index is 640. The first-order valence-electron chi connectivity index (χ1n) is 7.75. The normalized spacial score (nSPS) is 10.7. The van der Waals surface area contributed by atoms with Crippen molar-refractivity contribution in [2.24, 2.45) is 0 Å². The molecule has 0 spiro atoms. The van der Waals surface area contributed by atoms with Crippen LogP contribution in [0.1, 0.15) is 12.2 Å². The largest absolute Gasteiger partial charge is 0.497 e. The third-order valence-corrected chi connectivity index (χ3v) is 3.42.